The molecule has 7 nitrogen and oxygen atoms in total. The van der Waals surface area contributed by atoms with Crippen LogP contribution in [0.1, 0.15) is 17.0 Å². The van der Waals surface area contributed by atoms with Gasteiger partial charge in [-0.2, -0.15) is 4.52 Å². The highest BCUT2D eigenvalue weighted by Gasteiger charge is 2.22. The zero-order chi connectivity index (χ0) is 24.0. The number of hydrogen-bond donors (Lipinski definition) is 1. The lowest BCUT2D eigenvalue weighted by Crippen LogP contribution is -2.33. The number of halogens is 1. The van der Waals surface area contributed by atoms with Crippen LogP contribution >= 0.6 is 11.6 Å². The maximum Gasteiger partial charge on any atom is 0.232 e. The zero-order valence-corrected chi connectivity index (χ0v) is 19.5. The minimum absolute atomic E-state index is 0.0887. The molecule has 0 aliphatic rings. The quantitative estimate of drug-likeness (QED) is 0.321. The van der Waals surface area contributed by atoms with Gasteiger partial charge in [0.15, 0.2) is 11.5 Å². The average Bonchev–Trinajstić information content (AvgIpc) is 3.31. The highest BCUT2D eigenvalue weighted by Crippen LogP contribution is 2.27. The number of benzene rings is 3. The molecule has 0 radical (unpaired) electrons. The molecule has 0 saturated carbocycles. The summed E-state index contributed by atoms with van der Waals surface area (Å²) in [4.78, 5) is 13.1. The zero-order valence-electron chi connectivity index (χ0n) is 18.7. The van der Waals surface area contributed by atoms with E-state index in [0.717, 1.165) is 16.7 Å². The second kappa shape index (κ2) is 10.4. The van der Waals surface area contributed by atoms with Crippen molar-refractivity contribution in [2.24, 2.45) is 0 Å². The van der Waals surface area contributed by atoms with Gasteiger partial charge in [0.1, 0.15) is 6.61 Å². The van der Waals surface area contributed by atoms with E-state index in [-0.39, 0.29) is 12.5 Å². The number of nitrogens with one attached hydrogen (secondary N) is 1. The minimum Gasteiger partial charge on any atom is -0.475 e. The number of hydrogen-bond acceptors (Lipinski definition) is 5. The third-order valence-corrected chi connectivity index (χ3v) is 5.86. The Hall–Kier alpha value is -4.23. The normalized spacial score (nSPS) is 11.0. The van der Waals surface area contributed by atoms with E-state index >= 15 is 0 Å². The number of fused-ring (bicyclic) bond motifs is 1. The van der Waals surface area contributed by atoms with Crippen molar-refractivity contribution in [2.75, 3.05) is 13.2 Å². The molecule has 5 aromatic rings. The summed E-state index contributed by atoms with van der Waals surface area (Å²) in [5.41, 5.74) is 3.17. The maximum atomic E-state index is 13.1. The van der Waals surface area contributed by atoms with Crippen molar-refractivity contribution in [1.82, 2.24) is 25.1 Å². The van der Waals surface area contributed by atoms with Crippen molar-refractivity contribution in [3.8, 4) is 17.3 Å². The van der Waals surface area contributed by atoms with E-state index in [1.807, 2.05) is 78.9 Å². The molecular weight excluding hydrogens is 462 g/mol. The lowest BCUT2D eigenvalue weighted by atomic mass is 9.90. The van der Waals surface area contributed by atoms with Crippen LogP contribution in [0, 0.1) is 0 Å². The van der Waals surface area contributed by atoms with Gasteiger partial charge in [-0.05, 0) is 29.3 Å². The van der Waals surface area contributed by atoms with Crippen LogP contribution in [0.25, 0.3) is 17.0 Å². The van der Waals surface area contributed by atoms with Crippen LogP contribution in [0.3, 0.4) is 0 Å². The molecule has 5 rings (SSSR count). The van der Waals surface area contributed by atoms with Gasteiger partial charge in [-0.3, -0.25) is 4.79 Å². The molecule has 0 saturated heterocycles. The van der Waals surface area contributed by atoms with Gasteiger partial charge in [0.25, 0.3) is 0 Å². The van der Waals surface area contributed by atoms with Crippen LogP contribution in [0.15, 0.2) is 97.1 Å². The summed E-state index contributed by atoms with van der Waals surface area (Å²) in [5, 5.41) is 16.4. The number of ether oxygens (including phenoxy) is 1. The van der Waals surface area contributed by atoms with Crippen molar-refractivity contribution in [2.45, 2.75) is 5.92 Å². The first-order valence-electron chi connectivity index (χ1n) is 11.2. The smallest absolute Gasteiger partial charge is 0.232 e. The SMILES string of the molecule is O=C(NCCOc1ccc2nnc(-c3ccccc3Cl)n2n1)C(c1ccccc1)c1ccccc1. The molecule has 0 aliphatic heterocycles. The molecule has 35 heavy (non-hydrogen) atoms. The van der Waals surface area contributed by atoms with Crippen LogP contribution in [0.4, 0.5) is 0 Å². The predicted octanol–water partition coefficient (Wildman–Crippen LogP) is 4.77. The molecule has 1 amide bonds. The third-order valence-electron chi connectivity index (χ3n) is 5.53. The fourth-order valence-corrected chi connectivity index (χ4v) is 4.10. The van der Waals surface area contributed by atoms with E-state index in [4.69, 9.17) is 16.3 Å². The molecule has 3 aromatic carbocycles. The number of nitrogens with zero attached hydrogens (tertiary/aromatic N) is 4. The van der Waals surface area contributed by atoms with Crippen LogP contribution in [0.5, 0.6) is 5.88 Å². The summed E-state index contributed by atoms with van der Waals surface area (Å²) >= 11 is 6.32. The average molecular weight is 484 g/mol. The highest BCUT2D eigenvalue weighted by atomic mass is 35.5. The summed E-state index contributed by atoms with van der Waals surface area (Å²) in [6, 6.07) is 30.3. The van der Waals surface area contributed by atoms with E-state index in [0.29, 0.717) is 28.9 Å². The van der Waals surface area contributed by atoms with Gasteiger partial charge >= 0.3 is 0 Å². The van der Waals surface area contributed by atoms with Crippen molar-refractivity contribution in [3.63, 3.8) is 0 Å². The van der Waals surface area contributed by atoms with Crippen LogP contribution in [-0.4, -0.2) is 38.9 Å². The largest absolute Gasteiger partial charge is 0.475 e. The molecule has 174 valence electrons. The van der Waals surface area contributed by atoms with Gasteiger partial charge in [0, 0.05) is 11.6 Å². The molecule has 0 aliphatic carbocycles. The Labute approximate surface area is 207 Å². The molecule has 2 heterocycles. The van der Waals surface area contributed by atoms with Crippen molar-refractivity contribution >= 4 is 23.2 Å². The molecule has 0 spiro atoms. The monoisotopic (exact) mass is 483 g/mol. The molecule has 0 atom stereocenters. The van der Waals surface area contributed by atoms with Gasteiger partial charge in [-0.25, -0.2) is 0 Å². The predicted molar refractivity (Wildman–Crippen MR) is 134 cm³/mol. The molecule has 2 aromatic heterocycles. The van der Waals surface area contributed by atoms with Gasteiger partial charge < -0.3 is 10.1 Å². The number of carbonyl (C=O) groups excluding carboxylic acids is 1. The number of carbonyl (C=O) groups is 1. The summed E-state index contributed by atoms with van der Waals surface area (Å²) < 4.78 is 7.40. The Morgan fingerprint density at radius 1 is 0.857 bits per heavy atom. The Balaban J connectivity index is 1.26. The van der Waals surface area contributed by atoms with Gasteiger partial charge in [-0.1, -0.05) is 84.4 Å². The highest BCUT2D eigenvalue weighted by molar-refractivity contribution is 6.33. The minimum atomic E-state index is -0.401. The first kappa shape index (κ1) is 22.6. The van der Waals surface area contributed by atoms with Crippen molar-refractivity contribution < 1.29 is 9.53 Å². The molecule has 1 N–H and O–H groups in total. The van der Waals surface area contributed by atoms with Crippen molar-refractivity contribution in [1.29, 1.82) is 0 Å². The number of rotatable bonds is 8. The van der Waals surface area contributed by atoms with Crippen LogP contribution in [0.2, 0.25) is 5.02 Å². The Morgan fingerprint density at radius 2 is 1.51 bits per heavy atom. The fourth-order valence-electron chi connectivity index (χ4n) is 3.88. The third kappa shape index (κ3) is 5.00. The van der Waals surface area contributed by atoms with Crippen LogP contribution < -0.4 is 10.1 Å². The van der Waals surface area contributed by atoms with E-state index < -0.39 is 5.92 Å². The molecule has 0 unspecified atom stereocenters. The van der Waals surface area contributed by atoms with E-state index in [2.05, 4.69) is 20.6 Å². The molecule has 8 heteroatoms. The summed E-state index contributed by atoms with van der Waals surface area (Å²) in [7, 11) is 0. The van der Waals surface area contributed by atoms with Gasteiger partial charge in [0.2, 0.25) is 11.8 Å². The second-order valence-corrected chi connectivity index (χ2v) is 8.25. The van der Waals surface area contributed by atoms with Crippen LogP contribution in [-0.2, 0) is 4.79 Å². The first-order valence-corrected chi connectivity index (χ1v) is 11.6. The van der Waals surface area contributed by atoms with E-state index in [9.17, 15) is 4.79 Å². The second-order valence-electron chi connectivity index (χ2n) is 7.84. The fraction of sp³-hybridized carbons (Fsp3) is 0.111. The lowest BCUT2D eigenvalue weighted by molar-refractivity contribution is -0.121. The topological polar surface area (TPSA) is 81.4 Å². The molecule has 0 bridgehead atoms. The maximum absolute atomic E-state index is 13.1. The number of amides is 1. The van der Waals surface area contributed by atoms with Gasteiger partial charge in [-0.15, -0.1) is 15.3 Å². The summed E-state index contributed by atoms with van der Waals surface area (Å²) in [6.07, 6.45) is 0. The summed E-state index contributed by atoms with van der Waals surface area (Å²) in [6.45, 7) is 0.582. The Morgan fingerprint density at radius 3 is 2.20 bits per heavy atom. The van der Waals surface area contributed by atoms with E-state index in [1.165, 1.54) is 0 Å². The number of aromatic nitrogens is 4. The molecular formula is C27H22ClN5O2. The van der Waals surface area contributed by atoms with Crippen molar-refractivity contribution in [3.05, 3.63) is 113 Å². The standard InChI is InChI=1S/C27H22ClN5O2/c28-22-14-8-7-13-21(22)26-31-30-23-15-16-24(32-33(23)26)35-18-17-29-27(34)25(19-9-3-1-4-10-19)20-11-5-2-6-12-20/h1-16,25H,17-18H2,(H,29,34). The van der Waals surface area contributed by atoms with Gasteiger partial charge in [0.05, 0.1) is 17.5 Å². The first-order chi connectivity index (χ1) is 17.2. The Kier molecular flexibility index (Phi) is 6.68. The van der Waals surface area contributed by atoms with E-state index in [1.54, 1.807) is 22.7 Å². The summed E-state index contributed by atoms with van der Waals surface area (Å²) in [5.74, 6) is 0.428. The lowest BCUT2D eigenvalue weighted by Gasteiger charge is -2.18. The molecule has 0 fully saturated rings. The Bertz CT molecular complexity index is 1400.